The SMILES string of the molecule is CCCC1CCN(CCC(CO)NC)C1. The minimum Gasteiger partial charge on any atom is -0.395 e. The van der Waals surface area contributed by atoms with Crippen molar-refractivity contribution in [2.24, 2.45) is 5.92 Å². The summed E-state index contributed by atoms with van der Waals surface area (Å²) in [6.07, 6.45) is 5.13. The van der Waals surface area contributed by atoms with Gasteiger partial charge in [0, 0.05) is 12.6 Å². The molecular formula is C12H26N2O. The molecule has 2 unspecified atom stereocenters. The highest BCUT2D eigenvalue weighted by Gasteiger charge is 2.21. The Morgan fingerprint density at radius 3 is 2.93 bits per heavy atom. The van der Waals surface area contributed by atoms with Gasteiger partial charge in [-0.15, -0.1) is 0 Å². The Balaban J connectivity index is 2.13. The van der Waals surface area contributed by atoms with E-state index < -0.39 is 0 Å². The second-order valence-electron chi connectivity index (χ2n) is 4.70. The molecule has 1 heterocycles. The molecule has 0 aromatic heterocycles. The quantitative estimate of drug-likeness (QED) is 0.665. The Hall–Kier alpha value is -0.120. The third kappa shape index (κ3) is 4.49. The standard InChI is InChI=1S/C12H26N2O/c1-3-4-11-5-7-14(9-11)8-6-12(10-15)13-2/h11-13,15H,3-10H2,1-2H3. The lowest BCUT2D eigenvalue weighted by Gasteiger charge is -2.19. The molecule has 2 atom stereocenters. The van der Waals surface area contributed by atoms with Gasteiger partial charge in [-0.05, 0) is 45.3 Å². The number of likely N-dealkylation sites (N-methyl/N-ethyl adjacent to an activating group) is 1. The van der Waals surface area contributed by atoms with E-state index in [-0.39, 0.29) is 12.6 Å². The summed E-state index contributed by atoms with van der Waals surface area (Å²) in [6.45, 7) is 6.18. The summed E-state index contributed by atoms with van der Waals surface area (Å²) >= 11 is 0. The molecule has 3 heteroatoms. The molecule has 1 fully saturated rings. The van der Waals surface area contributed by atoms with Crippen LogP contribution in [0.3, 0.4) is 0 Å². The highest BCUT2D eigenvalue weighted by Crippen LogP contribution is 2.20. The molecule has 2 N–H and O–H groups in total. The Morgan fingerprint density at radius 1 is 1.53 bits per heavy atom. The summed E-state index contributed by atoms with van der Waals surface area (Å²) < 4.78 is 0. The van der Waals surface area contributed by atoms with Crippen LogP contribution in [0.4, 0.5) is 0 Å². The van der Waals surface area contributed by atoms with Crippen molar-refractivity contribution >= 4 is 0 Å². The Morgan fingerprint density at radius 2 is 2.33 bits per heavy atom. The van der Waals surface area contributed by atoms with Gasteiger partial charge in [0.1, 0.15) is 0 Å². The Bertz CT molecular complexity index is 160. The van der Waals surface area contributed by atoms with Gasteiger partial charge in [0.25, 0.3) is 0 Å². The van der Waals surface area contributed by atoms with Crippen molar-refractivity contribution in [2.75, 3.05) is 33.3 Å². The molecule has 90 valence electrons. The highest BCUT2D eigenvalue weighted by molar-refractivity contribution is 4.76. The predicted octanol–water partition coefficient (Wildman–Crippen LogP) is 1.08. The van der Waals surface area contributed by atoms with E-state index in [0.717, 1.165) is 18.9 Å². The lowest BCUT2D eigenvalue weighted by atomic mass is 10.0. The van der Waals surface area contributed by atoms with Crippen LogP contribution in [0.25, 0.3) is 0 Å². The number of aliphatic hydroxyl groups excluding tert-OH is 1. The van der Waals surface area contributed by atoms with Crippen LogP contribution in [0.2, 0.25) is 0 Å². The summed E-state index contributed by atoms with van der Waals surface area (Å²) in [4.78, 5) is 2.54. The van der Waals surface area contributed by atoms with Gasteiger partial charge in [-0.2, -0.15) is 0 Å². The third-order valence-corrected chi connectivity index (χ3v) is 3.49. The maximum atomic E-state index is 9.06. The lowest BCUT2D eigenvalue weighted by molar-refractivity contribution is 0.221. The van der Waals surface area contributed by atoms with Crippen molar-refractivity contribution in [1.29, 1.82) is 0 Å². The molecule has 0 aromatic rings. The van der Waals surface area contributed by atoms with Gasteiger partial charge in [0.15, 0.2) is 0 Å². The van der Waals surface area contributed by atoms with Gasteiger partial charge in [-0.3, -0.25) is 0 Å². The summed E-state index contributed by atoms with van der Waals surface area (Å²) in [5.41, 5.74) is 0. The Labute approximate surface area is 93.9 Å². The summed E-state index contributed by atoms with van der Waals surface area (Å²) in [5.74, 6) is 0.928. The number of aliphatic hydroxyl groups is 1. The van der Waals surface area contributed by atoms with Crippen LogP contribution in [0.15, 0.2) is 0 Å². The largest absolute Gasteiger partial charge is 0.395 e. The second-order valence-corrected chi connectivity index (χ2v) is 4.70. The fourth-order valence-corrected chi connectivity index (χ4v) is 2.43. The molecule has 0 aliphatic carbocycles. The maximum absolute atomic E-state index is 9.06. The summed E-state index contributed by atoms with van der Waals surface area (Å²) in [7, 11) is 1.92. The molecule has 0 aromatic carbocycles. The van der Waals surface area contributed by atoms with Gasteiger partial charge < -0.3 is 15.3 Å². The average molecular weight is 214 g/mol. The monoisotopic (exact) mass is 214 g/mol. The zero-order chi connectivity index (χ0) is 11.1. The fraction of sp³-hybridized carbons (Fsp3) is 1.00. The van der Waals surface area contributed by atoms with E-state index in [2.05, 4.69) is 17.1 Å². The van der Waals surface area contributed by atoms with Gasteiger partial charge in [0.2, 0.25) is 0 Å². The van der Waals surface area contributed by atoms with Crippen molar-refractivity contribution in [3.05, 3.63) is 0 Å². The summed E-state index contributed by atoms with van der Waals surface area (Å²) in [5, 5.41) is 12.2. The van der Waals surface area contributed by atoms with Crippen molar-refractivity contribution in [3.8, 4) is 0 Å². The fourth-order valence-electron chi connectivity index (χ4n) is 2.43. The third-order valence-electron chi connectivity index (χ3n) is 3.49. The molecule has 0 bridgehead atoms. The maximum Gasteiger partial charge on any atom is 0.0585 e. The van der Waals surface area contributed by atoms with Crippen molar-refractivity contribution in [3.63, 3.8) is 0 Å². The molecule has 1 rings (SSSR count). The number of nitrogens with zero attached hydrogens (tertiary/aromatic N) is 1. The van der Waals surface area contributed by atoms with E-state index in [4.69, 9.17) is 5.11 Å². The van der Waals surface area contributed by atoms with Crippen molar-refractivity contribution in [1.82, 2.24) is 10.2 Å². The van der Waals surface area contributed by atoms with Crippen LogP contribution in [0.1, 0.15) is 32.6 Å². The molecule has 0 saturated carbocycles. The second kappa shape index (κ2) is 7.20. The average Bonchev–Trinajstić information content (AvgIpc) is 2.68. The van der Waals surface area contributed by atoms with Gasteiger partial charge in [-0.1, -0.05) is 13.3 Å². The number of rotatable bonds is 7. The van der Waals surface area contributed by atoms with Crippen LogP contribution < -0.4 is 5.32 Å². The van der Waals surface area contributed by atoms with Crippen molar-refractivity contribution < 1.29 is 5.11 Å². The number of nitrogens with one attached hydrogen (secondary N) is 1. The topological polar surface area (TPSA) is 35.5 Å². The molecule has 0 spiro atoms. The minimum absolute atomic E-state index is 0.253. The highest BCUT2D eigenvalue weighted by atomic mass is 16.3. The lowest BCUT2D eigenvalue weighted by Crippen LogP contribution is -2.34. The van der Waals surface area contributed by atoms with E-state index in [9.17, 15) is 0 Å². The molecule has 15 heavy (non-hydrogen) atoms. The smallest absolute Gasteiger partial charge is 0.0585 e. The zero-order valence-electron chi connectivity index (χ0n) is 10.2. The molecule has 1 saturated heterocycles. The molecule has 1 aliphatic rings. The van der Waals surface area contributed by atoms with E-state index in [0.29, 0.717) is 0 Å². The molecule has 3 nitrogen and oxygen atoms in total. The molecule has 0 radical (unpaired) electrons. The van der Waals surface area contributed by atoms with E-state index in [1.165, 1.54) is 32.4 Å². The van der Waals surface area contributed by atoms with E-state index >= 15 is 0 Å². The molecule has 0 amide bonds. The van der Waals surface area contributed by atoms with Crippen LogP contribution in [0, 0.1) is 5.92 Å². The number of hydrogen-bond donors (Lipinski definition) is 2. The van der Waals surface area contributed by atoms with Gasteiger partial charge >= 0.3 is 0 Å². The summed E-state index contributed by atoms with van der Waals surface area (Å²) in [6, 6.07) is 0.273. The molecule has 1 aliphatic heterocycles. The van der Waals surface area contributed by atoms with Crippen LogP contribution in [0.5, 0.6) is 0 Å². The number of likely N-dealkylation sites (tertiary alicyclic amines) is 1. The normalized spacial score (nSPS) is 24.6. The van der Waals surface area contributed by atoms with Gasteiger partial charge in [-0.25, -0.2) is 0 Å². The van der Waals surface area contributed by atoms with E-state index in [1.807, 2.05) is 7.05 Å². The first-order chi connectivity index (χ1) is 7.30. The zero-order valence-corrected chi connectivity index (χ0v) is 10.2. The Kier molecular flexibility index (Phi) is 6.22. The van der Waals surface area contributed by atoms with Crippen molar-refractivity contribution in [2.45, 2.75) is 38.6 Å². The first-order valence-corrected chi connectivity index (χ1v) is 6.30. The van der Waals surface area contributed by atoms with E-state index in [1.54, 1.807) is 0 Å². The van der Waals surface area contributed by atoms with Crippen LogP contribution >= 0.6 is 0 Å². The first-order valence-electron chi connectivity index (χ1n) is 6.30. The minimum atomic E-state index is 0.253. The first kappa shape index (κ1) is 12.9. The number of hydrogen-bond acceptors (Lipinski definition) is 3. The van der Waals surface area contributed by atoms with Crippen LogP contribution in [-0.2, 0) is 0 Å². The molecular weight excluding hydrogens is 188 g/mol. The van der Waals surface area contributed by atoms with Crippen LogP contribution in [-0.4, -0.2) is 49.3 Å². The van der Waals surface area contributed by atoms with Gasteiger partial charge in [0.05, 0.1) is 6.61 Å². The predicted molar refractivity (Wildman–Crippen MR) is 64.0 cm³/mol.